The number of benzene rings is 1. The van der Waals surface area contributed by atoms with Gasteiger partial charge in [0.25, 0.3) is 0 Å². The third kappa shape index (κ3) is 2.07. The fraction of sp³-hybridized carbons (Fsp3) is 0.250. The normalized spacial score (nSPS) is 14.8. The molecule has 0 spiro atoms. The summed E-state index contributed by atoms with van der Waals surface area (Å²) in [5, 5.41) is 4.25. The van der Waals surface area contributed by atoms with Gasteiger partial charge in [-0.05, 0) is 18.6 Å². The van der Waals surface area contributed by atoms with Crippen LogP contribution < -0.4 is 5.73 Å². The summed E-state index contributed by atoms with van der Waals surface area (Å²) < 4.78 is 1.90. The van der Waals surface area contributed by atoms with E-state index in [0.717, 1.165) is 0 Å². The summed E-state index contributed by atoms with van der Waals surface area (Å²) in [6, 6.07) is 12.3. The average Bonchev–Trinajstić information content (AvgIpc) is 2.72. The fourth-order valence-electron chi connectivity index (χ4n) is 1.79. The smallest absolute Gasteiger partial charge is 0.0916 e. The Labute approximate surface area is 89.5 Å². The summed E-state index contributed by atoms with van der Waals surface area (Å²) in [6.07, 6.45) is 3.72. The van der Waals surface area contributed by atoms with E-state index in [1.807, 2.05) is 42.1 Å². The molecular weight excluding hydrogens is 186 g/mol. The number of aromatic nitrogens is 2. The van der Waals surface area contributed by atoms with Crippen LogP contribution in [0.2, 0.25) is 0 Å². The van der Waals surface area contributed by atoms with Crippen LogP contribution in [0.3, 0.4) is 0 Å². The van der Waals surface area contributed by atoms with Gasteiger partial charge in [0.15, 0.2) is 0 Å². The number of nitrogens with zero attached hydrogens (tertiary/aromatic N) is 2. The van der Waals surface area contributed by atoms with Crippen molar-refractivity contribution in [2.24, 2.45) is 5.73 Å². The van der Waals surface area contributed by atoms with Crippen molar-refractivity contribution in [1.82, 2.24) is 9.78 Å². The predicted octanol–water partition coefficient (Wildman–Crippen LogP) is 1.82. The van der Waals surface area contributed by atoms with E-state index in [0.29, 0.717) is 0 Å². The van der Waals surface area contributed by atoms with Gasteiger partial charge in [-0.2, -0.15) is 5.10 Å². The maximum absolute atomic E-state index is 6.00. The van der Waals surface area contributed by atoms with E-state index >= 15 is 0 Å². The average molecular weight is 201 g/mol. The molecule has 2 unspecified atom stereocenters. The van der Waals surface area contributed by atoms with Crippen LogP contribution in [0.5, 0.6) is 0 Å². The summed E-state index contributed by atoms with van der Waals surface area (Å²) in [5.41, 5.74) is 7.19. The van der Waals surface area contributed by atoms with Gasteiger partial charge < -0.3 is 5.73 Å². The Balaban J connectivity index is 2.37. The van der Waals surface area contributed by atoms with Crippen LogP contribution in [-0.4, -0.2) is 15.8 Å². The zero-order chi connectivity index (χ0) is 10.7. The van der Waals surface area contributed by atoms with Gasteiger partial charge in [-0.15, -0.1) is 0 Å². The van der Waals surface area contributed by atoms with Crippen LogP contribution >= 0.6 is 0 Å². The lowest BCUT2D eigenvalue weighted by atomic mass is 10.0. The van der Waals surface area contributed by atoms with Crippen molar-refractivity contribution >= 4 is 0 Å². The Kier molecular flexibility index (Phi) is 2.83. The Hall–Kier alpha value is -1.61. The molecule has 2 aromatic rings. The van der Waals surface area contributed by atoms with Crippen LogP contribution in [0.25, 0.3) is 0 Å². The molecule has 1 aromatic carbocycles. The van der Waals surface area contributed by atoms with E-state index in [4.69, 9.17) is 5.73 Å². The molecule has 78 valence electrons. The zero-order valence-electron chi connectivity index (χ0n) is 8.75. The first-order chi connectivity index (χ1) is 7.29. The summed E-state index contributed by atoms with van der Waals surface area (Å²) >= 11 is 0. The molecule has 0 aliphatic rings. The van der Waals surface area contributed by atoms with Crippen LogP contribution in [0.15, 0.2) is 48.8 Å². The van der Waals surface area contributed by atoms with E-state index in [9.17, 15) is 0 Å². The highest BCUT2D eigenvalue weighted by atomic mass is 15.3. The van der Waals surface area contributed by atoms with Crippen molar-refractivity contribution in [3.05, 3.63) is 54.4 Å². The molecule has 3 heteroatoms. The second-order valence-corrected chi connectivity index (χ2v) is 3.70. The lowest BCUT2D eigenvalue weighted by Gasteiger charge is -2.21. The molecule has 0 aliphatic heterocycles. The third-order valence-electron chi connectivity index (χ3n) is 2.45. The minimum atomic E-state index is 0.0345. The van der Waals surface area contributed by atoms with Gasteiger partial charge in [0.2, 0.25) is 0 Å². The summed E-state index contributed by atoms with van der Waals surface area (Å²) in [6.45, 7) is 2.00. The minimum Gasteiger partial charge on any atom is -0.326 e. The molecule has 0 bridgehead atoms. The topological polar surface area (TPSA) is 43.8 Å². The first-order valence-electron chi connectivity index (χ1n) is 5.08. The van der Waals surface area contributed by atoms with Gasteiger partial charge in [0, 0.05) is 18.4 Å². The minimum absolute atomic E-state index is 0.0345. The lowest BCUT2D eigenvalue weighted by Crippen LogP contribution is -2.30. The van der Waals surface area contributed by atoms with E-state index in [1.54, 1.807) is 6.20 Å². The van der Waals surface area contributed by atoms with Crippen LogP contribution in [0.1, 0.15) is 18.5 Å². The van der Waals surface area contributed by atoms with Crippen LogP contribution in [-0.2, 0) is 0 Å². The van der Waals surface area contributed by atoms with Gasteiger partial charge in [-0.1, -0.05) is 30.3 Å². The van der Waals surface area contributed by atoms with E-state index in [2.05, 4.69) is 17.2 Å². The van der Waals surface area contributed by atoms with E-state index in [-0.39, 0.29) is 12.1 Å². The van der Waals surface area contributed by atoms with Crippen LogP contribution in [0.4, 0.5) is 0 Å². The molecule has 3 nitrogen and oxygen atoms in total. The molecule has 2 N–H and O–H groups in total. The molecule has 0 fully saturated rings. The molecule has 0 saturated carbocycles. The summed E-state index contributed by atoms with van der Waals surface area (Å²) in [4.78, 5) is 0. The van der Waals surface area contributed by atoms with Crippen LogP contribution in [0, 0.1) is 0 Å². The standard InChI is InChI=1S/C12H15N3/c1-10(13)12(15-9-5-8-14-15)11-6-3-2-4-7-11/h2-10,12H,13H2,1H3. The SMILES string of the molecule is CC(N)C(c1ccccc1)n1cccn1. The maximum Gasteiger partial charge on any atom is 0.0916 e. The highest BCUT2D eigenvalue weighted by Gasteiger charge is 2.17. The molecule has 2 rings (SSSR count). The van der Waals surface area contributed by atoms with Crippen molar-refractivity contribution in [2.45, 2.75) is 19.0 Å². The Morgan fingerprint density at radius 3 is 2.47 bits per heavy atom. The quantitative estimate of drug-likeness (QED) is 0.823. The molecule has 2 atom stereocenters. The highest BCUT2D eigenvalue weighted by Crippen LogP contribution is 2.19. The molecule has 0 radical (unpaired) electrons. The molecule has 15 heavy (non-hydrogen) atoms. The first kappa shape index (κ1) is 9.93. The van der Waals surface area contributed by atoms with Crippen molar-refractivity contribution in [1.29, 1.82) is 0 Å². The number of nitrogens with two attached hydrogens (primary N) is 1. The van der Waals surface area contributed by atoms with Crippen molar-refractivity contribution in [3.8, 4) is 0 Å². The molecule has 0 amide bonds. The van der Waals surface area contributed by atoms with Crippen molar-refractivity contribution < 1.29 is 0 Å². The monoisotopic (exact) mass is 201 g/mol. The summed E-state index contributed by atoms with van der Waals surface area (Å²) in [7, 11) is 0. The number of hydrogen-bond donors (Lipinski definition) is 1. The van der Waals surface area contributed by atoms with Gasteiger partial charge in [0.1, 0.15) is 0 Å². The highest BCUT2D eigenvalue weighted by molar-refractivity contribution is 5.21. The van der Waals surface area contributed by atoms with Crippen molar-refractivity contribution in [2.75, 3.05) is 0 Å². The first-order valence-corrected chi connectivity index (χ1v) is 5.08. The second-order valence-electron chi connectivity index (χ2n) is 3.70. The lowest BCUT2D eigenvalue weighted by molar-refractivity contribution is 0.454. The molecule has 1 aromatic heterocycles. The zero-order valence-corrected chi connectivity index (χ0v) is 8.75. The Morgan fingerprint density at radius 2 is 1.93 bits per heavy atom. The van der Waals surface area contributed by atoms with Crippen molar-refractivity contribution in [3.63, 3.8) is 0 Å². The largest absolute Gasteiger partial charge is 0.326 e. The maximum atomic E-state index is 6.00. The molecule has 0 aliphatic carbocycles. The Bertz CT molecular complexity index is 392. The molecule has 0 saturated heterocycles. The molecule has 1 heterocycles. The van der Waals surface area contributed by atoms with Gasteiger partial charge in [-0.3, -0.25) is 4.68 Å². The fourth-order valence-corrected chi connectivity index (χ4v) is 1.79. The van der Waals surface area contributed by atoms with Gasteiger partial charge in [-0.25, -0.2) is 0 Å². The second kappa shape index (κ2) is 4.28. The Morgan fingerprint density at radius 1 is 1.20 bits per heavy atom. The van der Waals surface area contributed by atoms with E-state index in [1.165, 1.54) is 5.56 Å². The predicted molar refractivity (Wildman–Crippen MR) is 60.5 cm³/mol. The summed E-state index contributed by atoms with van der Waals surface area (Å²) in [5.74, 6) is 0. The van der Waals surface area contributed by atoms with E-state index < -0.39 is 0 Å². The number of hydrogen-bond acceptors (Lipinski definition) is 2. The van der Waals surface area contributed by atoms with Gasteiger partial charge >= 0.3 is 0 Å². The number of rotatable bonds is 3. The molecular formula is C12H15N3. The third-order valence-corrected chi connectivity index (χ3v) is 2.45. The van der Waals surface area contributed by atoms with Gasteiger partial charge in [0.05, 0.1) is 6.04 Å².